The Morgan fingerprint density at radius 2 is 1.60 bits per heavy atom. The molecule has 2 aliphatic rings. The molecule has 2 fully saturated rings. The fraction of sp³-hybridized carbons (Fsp3) is 0.367. The lowest BCUT2D eigenvalue weighted by atomic mass is 9.80. The van der Waals surface area contributed by atoms with Crippen LogP contribution in [0.1, 0.15) is 48.0 Å². The third-order valence-electron chi connectivity index (χ3n) is 7.63. The molecule has 0 N–H and O–H groups in total. The van der Waals surface area contributed by atoms with Crippen LogP contribution in [0.15, 0.2) is 78.9 Å². The third kappa shape index (κ3) is 5.39. The fourth-order valence-corrected chi connectivity index (χ4v) is 6.02. The van der Waals surface area contributed by atoms with Gasteiger partial charge in [-0.3, -0.25) is 9.69 Å². The summed E-state index contributed by atoms with van der Waals surface area (Å²) in [5.41, 5.74) is 2.99. The molecule has 182 valence electrons. The van der Waals surface area contributed by atoms with Crippen molar-refractivity contribution in [2.24, 2.45) is 0 Å². The molecule has 4 nitrogen and oxygen atoms in total. The third-order valence-corrected chi connectivity index (χ3v) is 7.88. The zero-order valence-electron chi connectivity index (χ0n) is 20.3. The topological polar surface area (TPSA) is 32.8 Å². The van der Waals surface area contributed by atoms with Crippen molar-refractivity contribution in [1.82, 2.24) is 4.90 Å². The number of benzene rings is 3. The van der Waals surface area contributed by atoms with Crippen molar-refractivity contribution in [2.75, 3.05) is 18.6 Å². The molecule has 2 saturated heterocycles. The maximum atomic E-state index is 13.9. The second kappa shape index (κ2) is 10.8. The van der Waals surface area contributed by atoms with Gasteiger partial charge in [-0.15, -0.1) is 0 Å². The first-order chi connectivity index (χ1) is 17.1. The van der Waals surface area contributed by atoms with Crippen LogP contribution < -0.4 is 9.64 Å². The van der Waals surface area contributed by atoms with Crippen LogP contribution in [0.4, 0.5) is 5.69 Å². The molecule has 2 aliphatic heterocycles. The molecule has 3 atom stereocenters. The number of halogens is 1. The number of hydrogen-bond donors (Lipinski definition) is 0. The quantitative estimate of drug-likeness (QED) is 0.374. The molecule has 0 saturated carbocycles. The van der Waals surface area contributed by atoms with Crippen LogP contribution in [0.25, 0.3) is 0 Å². The van der Waals surface area contributed by atoms with Crippen molar-refractivity contribution >= 4 is 23.2 Å². The summed E-state index contributed by atoms with van der Waals surface area (Å²) in [4.78, 5) is 18.6. The molecule has 5 heteroatoms. The van der Waals surface area contributed by atoms with Gasteiger partial charge >= 0.3 is 0 Å². The summed E-state index contributed by atoms with van der Waals surface area (Å²) >= 11 is 6.11. The smallest absolute Gasteiger partial charge is 0.258 e. The van der Waals surface area contributed by atoms with Gasteiger partial charge in [-0.1, -0.05) is 48.4 Å². The Morgan fingerprint density at radius 3 is 2.23 bits per heavy atom. The molecule has 1 unspecified atom stereocenters. The lowest BCUT2D eigenvalue weighted by molar-refractivity contribution is 0.0306. The van der Waals surface area contributed by atoms with E-state index in [1.165, 1.54) is 24.8 Å². The first kappa shape index (κ1) is 23.9. The van der Waals surface area contributed by atoms with Gasteiger partial charge in [-0.05, 0) is 86.2 Å². The molecular formula is C30H33ClN2O2. The van der Waals surface area contributed by atoms with Crippen LogP contribution in [0.5, 0.6) is 5.75 Å². The van der Waals surface area contributed by atoms with E-state index >= 15 is 0 Å². The van der Waals surface area contributed by atoms with E-state index in [1.807, 2.05) is 41.3 Å². The molecule has 2 bridgehead atoms. The SMILES string of the molecule is COc1ccc(N(C(=O)c2ccc(Cl)cc2)C2C[C@H]3CCC[C@@H](C2)N3CCc2ccccc2)cc1. The maximum absolute atomic E-state index is 13.9. The largest absolute Gasteiger partial charge is 0.497 e. The van der Waals surface area contributed by atoms with Crippen LogP contribution in [-0.4, -0.2) is 42.6 Å². The van der Waals surface area contributed by atoms with Crippen molar-refractivity contribution < 1.29 is 9.53 Å². The Kier molecular flexibility index (Phi) is 7.40. The number of carbonyl (C=O) groups excluding carboxylic acids is 1. The normalized spacial score (nSPS) is 21.9. The minimum atomic E-state index is 0.0349. The van der Waals surface area contributed by atoms with Crippen LogP contribution in [-0.2, 0) is 6.42 Å². The van der Waals surface area contributed by atoms with Gasteiger partial charge in [0.1, 0.15) is 5.75 Å². The molecule has 35 heavy (non-hydrogen) atoms. The molecule has 3 aromatic rings. The lowest BCUT2D eigenvalue weighted by Gasteiger charge is -2.51. The minimum Gasteiger partial charge on any atom is -0.497 e. The predicted octanol–water partition coefficient (Wildman–Crippen LogP) is 6.62. The number of anilines is 1. The maximum Gasteiger partial charge on any atom is 0.258 e. The molecule has 0 radical (unpaired) electrons. The summed E-state index contributed by atoms with van der Waals surface area (Å²) in [5, 5.41) is 0.638. The molecule has 0 aromatic heterocycles. The number of fused-ring (bicyclic) bond motifs is 2. The Balaban J connectivity index is 1.39. The van der Waals surface area contributed by atoms with E-state index in [4.69, 9.17) is 16.3 Å². The molecule has 2 heterocycles. The van der Waals surface area contributed by atoms with Gasteiger partial charge in [0.25, 0.3) is 5.91 Å². The second-order valence-corrected chi connectivity index (χ2v) is 10.2. The van der Waals surface area contributed by atoms with E-state index in [1.54, 1.807) is 19.2 Å². The molecule has 1 amide bonds. The summed E-state index contributed by atoms with van der Waals surface area (Å²) in [6.07, 6.45) is 6.75. The Bertz CT molecular complexity index is 1100. The first-order valence-corrected chi connectivity index (χ1v) is 13.0. The van der Waals surface area contributed by atoms with Gasteiger partial charge in [0, 0.05) is 40.9 Å². The second-order valence-electron chi connectivity index (χ2n) is 9.72. The molecule has 0 aliphatic carbocycles. The Labute approximate surface area is 213 Å². The van der Waals surface area contributed by atoms with Gasteiger partial charge in [0.05, 0.1) is 7.11 Å². The van der Waals surface area contributed by atoms with Crippen LogP contribution >= 0.6 is 11.6 Å². The van der Waals surface area contributed by atoms with Gasteiger partial charge in [-0.2, -0.15) is 0 Å². The van der Waals surface area contributed by atoms with Crippen molar-refractivity contribution in [1.29, 1.82) is 0 Å². The summed E-state index contributed by atoms with van der Waals surface area (Å²) in [7, 11) is 1.66. The van der Waals surface area contributed by atoms with Crippen molar-refractivity contribution in [3.8, 4) is 5.75 Å². The number of ether oxygens (including phenoxy) is 1. The number of rotatable bonds is 7. The minimum absolute atomic E-state index is 0.0349. The summed E-state index contributed by atoms with van der Waals surface area (Å²) in [6.45, 7) is 1.08. The standard InChI is InChI=1S/C30H33ClN2O2/c1-35-29-16-14-25(15-17-29)33(30(34)23-10-12-24(31)13-11-23)28-20-26-8-5-9-27(21-28)32(26)19-18-22-6-3-2-4-7-22/h2-4,6-7,10-17,26-28H,5,8-9,18-21H2,1H3/t26-,27+,28?. The molecule has 3 aromatic carbocycles. The van der Waals surface area contributed by atoms with Gasteiger partial charge in [0.15, 0.2) is 0 Å². The van der Waals surface area contributed by atoms with Gasteiger partial charge in [-0.25, -0.2) is 0 Å². The number of methoxy groups -OCH3 is 1. The van der Waals surface area contributed by atoms with E-state index in [0.717, 1.165) is 37.2 Å². The van der Waals surface area contributed by atoms with E-state index in [2.05, 4.69) is 35.2 Å². The van der Waals surface area contributed by atoms with Crippen molar-refractivity contribution in [2.45, 2.75) is 56.7 Å². The van der Waals surface area contributed by atoms with Crippen LogP contribution in [0.3, 0.4) is 0 Å². The number of nitrogens with zero attached hydrogens (tertiary/aromatic N) is 2. The fourth-order valence-electron chi connectivity index (χ4n) is 5.90. The van der Waals surface area contributed by atoms with Crippen molar-refractivity contribution in [3.63, 3.8) is 0 Å². The van der Waals surface area contributed by atoms with Crippen LogP contribution in [0.2, 0.25) is 5.02 Å². The van der Waals surface area contributed by atoms with E-state index in [9.17, 15) is 4.79 Å². The zero-order valence-corrected chi connectivity index (χ0v) is 21.0. The van der Waals surface area contributed by atoms with E-state index in [0.29, 0.717) is 22.7 Å². The van der Waals surface area contributed by atoms with Gasteiger partial charge < -0.3 is 9.64 Å². The Morgan fingerprint density at radius 1 is 0.943 bits per heavy atom. The summed E-state index contributed by atoms with van der Waals surface area (Å²) in [5.74, 6) is 0.827. The lowest BCUT2D eigenvalue weighted by Crippen LogP contribution is -2.58. The number of piperidine rings is 2. The van der Waals surface area contributed by atoms with Gasteiger partial charge in [0.2, 0.25) is 0 Å². The number of carbonyl (C=O) groups is 1. The predicted molar refractivity (Wildman–Crippen MR) is 143 cm³/mol. The van der Waals surface area contributed by atoms with Crippen molar-refractivity contribution in [3.05, 3.63) is 95.0 Å². The van der Waals surface area contributed by atoms with E-state index < -0.39 is 0 Å². The number of hydrogen-bond acceptors (Lipinski definition) is 3. The Hall–Kier alpha value is -2.82. The summed E-state index contributed by atoms with van der Waals surface area (Å²) < 4.78 is 5.37. The average Bonchev–Trinajstić information content (AvgIpc) is 2.89. The molecular weight excluding hydrogens is 456 g/mol. The highest BCUT2D eigenvalue weighted by atomic mass is 35.5. The first-order valence-electron chi connectivity index (χ1n) is 12.6. The van der Waals surface area contributed by atoms with Crippen LogP contribution in [0, 0.1) is 0 Å². The zero-order chi connectivity index (χ0) is 24.2. The average molecular weight is 489 g/mol. The highest BCUT2D eigenvalue weighted by molar-refractivity contribution is 6.30. The monoisotopic (exact) mass is 488 g/mol. The highest BCUT2D eigenvalue weighted by Crippen LogP contribution is 2.38. The molecule has 0 spiro atoms. The highest BCUT2D eigenvalue weighted by Gasteiger charge is 2.41. The number of amides is 1. The molecule has 5 rings (SSSR count). The van der Waals surface area contributed by atoms with E-state index in [-0.39, 0.29) is 11.9 Å². The summed E-state index contributed by atoms with van der Waals surface area (Å²) in [6, 6.07) is 27.1.